The van der Waals surface area contributed by atoms with Gasteiger partial charge in [0.1, 0.15) is 0 Å². The minimum absolute atomic E-state index is 0.139. The minimum atomic E-state index is -0.182. The summed E-state index contributed by atoms with van der Waals surface area (Å²) < 4.78 is 23.7. The van der Waals surface area contributed by atoms with Crippen LogP contribution in [-0.2, 0) is 28.5 Å². The van der Waals surface area contributed by atoms with Crippen molar-refractivity contribution < 1.29 is 28.5 Å². The van der Waals surface area contributed by atoms with Crippen molar-refractivity contribution in [3.63, 3.8) is 0 Å². The number of imide groups is 1. The van der Waals surface area contributed by atoms with Crippen LogP contribution in [0.25, 0.3) is 0 Å². The predicted molar refractivity (Wildman–Crippen MR) is 184 cm³/mol. The minimum Gasteiger partial charge on any atom is -0.380 e. The molecular weight excluding hydrogens is 570 g/mol. The van der Waals surface area contributed by atoms with Gasteiger partial charge in [0.25, 0.3) is 11.8 Å². The van der Waals surface area contributed by atoms with Crippen LogP contribution in [0.5, 0.6) is 0 Å². The lowest BCUT2D eigenvalue weighted by molar-refractivity contribution is -0.136. The fourth-order valence-corrected chi connectivity index (χ4v) is 5.26. The zero-order valence-electron chi connectivity index (χ0n) is 30.5. The second-order valence-corrected chi connectivity index (χ2v) is 14.5. The molecule has 0 bridgehead atoms. The Morgan fingerprint density at radius 3 is 1.64 bits per heavy atom. The lowest BCUT2D eigenvalue weighted by atomic mass is 9.93. The van der Waals surface area contributed by atoms with Crippen LogP contribution in [0.4, 0.5) is 0 Å². The SMILES string of the molecule is CCOCCN(CCOC(C)(C)C)CCC(CCCCCCN1C(=O)C=CC1=O)CCN(CCOC(C)C)CCOC(C)(C)C. The summed E-state index contributed by atoms with van der Waals surface area (Å²) in [7, 11) is 0. The number of ether oxygens (including phenoxy) is 4. The van der Waals surface area contributed by atoms with Gasteiger partial charge in [-0.05, 0) is 101 Å². The highest BCUT2D eigenvalue weighted by atomic mass is 16.5. The first-order valence-corrected chi connectivity index (χ1v) is 17.7. The third-order valence-corrected chi connectivity index (χ3v) is 7.85. The van der Waals surface area contributed by atoms with E-state index >= 15 is 0 Å². The maximum absolute atomic E-state index is 11.8. The monoisotopic (exact) mass is 640 g/mol. The molecule has 0 aliphatic carbocycles. The molecule has 0 aromatic heterocycles. The van der Waals surface area contributed by atoms with Crippen LogP contribution in [0.3, 0.4) is 0 Å². The summed E-state index contributed by atoms with van der Waals surface area (Å²) in [5, 5.41) is 0. The van der Waals surface area contributed by atoms with E-state index in [1.165, 1.54) is 23.5 Å². The highest BCUT2D eigenvalue weighted by molar-refractivity contribution is 6.12. The normalized spacial score (nSPS) is 15.1. The first-order chi connectivity index (χ1) is 21.2. The van der Waals surface area contributed by atoms with Crippen molar-refractivity contribution in [1.29, 1.82) is 0 Å². The molecule has 1 atom stereocenters. The largest absolute Gasteiger partial charge is 0.380 e. The van der Waals surface area contributed by atoms with Gasteiger partial charge in [0.2, 0.25) is 0 Å². The molecule has 0 aromatic rings. The molecule has 0 saturated heterocycles. The Kier molecular flexibility index (Phi) is 21.3. The van der Waals surface area contributed by atoms with Gasteiger partial charge in [-0.15, -0.1) is 0 Å². The molecule has 1 aliphatic rings. The lowest BCUT2D eigenvalue weighted by Crippen LogP contribution is -2.36. The number of hydrogen-bond donors (Lipinski definition) is 0. The summed E-state index contributed by atoms with van der Waals surface area (Å²) in [5.41, 5.74) is -0.282. The Hall–Kier alpha value is -1.36. The van der Waals surface area contributed by atoms with E-state index in [0.29, 0.717) is 19.1 Å². The van der Waals surface area contributed by atoms with Crippen molar-refractivity contribution in [3.8, 4) is 0 Å². The Balaban J connectivity index is 2.75. The molecule has 0 radical (unpaired) electrons. The number of unbranched alkanes of at least 4 members (excludes halogenated alkanes) is 3. The van der Waals surface area contributed by atoms with E-state index in [9.17, 15) is 9.59 Å². The maximum atomic E-state index is 11.8. The van der Waals surface area contributed by atoms with Crippen LogP contribution in [0.15, 0.2) is 12.2 Å². The second kappa shape index (κ2) is 23.0. The summed E-state index contributed by atoms with van der Waals surface area (Å²) in [5.74, 6) is 0.238. The molecule has 1 unspecified atom stereocenters. The number of nitrogens with zero attached hydrogens (tertiary/aromatic N) is 3. The topological polar surface area (TPSA) is 80.8 Å². The average molecular weight is 640 g/mol. The Morgan fingerprint density at radius 1 is 0.667 bits per heavy atom. The summed E-state index contributed by atoms with van der Waals surface area (Å²) >= 11 is 0. The van der Waals surface area contributed by atoms with E-state index in [-0.39, 0.29) is 29.1 Å². The summed E-state index contributed by atoms with van der Waals surface area (Å²) in [6, 6.07) is 0. The van der Waals surface area contributed by atoms with Gasteiger partial charge in [-0.2, -0.15) is 0 Å². The maximum Gasteiger partial charge on any atom is 0.253 e. The van der Waals surface area contributed by atoms with E-state index in [0.717, 1.165) is 104 Å². The van der Waals surface area contributed by atoms with Gasteiger partial charge >= 0.3 is 0 Å². The number of carbonyl (C=O) groups excluding carboxylic acids is 2. The number of hydrogen-bond acceptors (Lipinski definition) is 8. The van der Waals surface area contributed by atoms with Gasteiger partial charge in [0.05, 0.1) is 43.7 Å². The zero-order chi connectivity index (χ0) is 33.7. The molecule has 0 N–H and O–H groups in total. The molecule has 9 nitrogen and oxygen atoms in total. The molecule has 0 spiro atoms. The Bertz CT molecular complexity index is 803. The molecule has 0 fully saturated rings. The fourth-order valence-electron chi connectivity index (χ4n) is 5.26. The van der Waals surface area contributed by atoms with E-state index in [1.54, 1.807) is 0 Å². The first kappa shape index (κ1) is 41.7. The van der Waals surface area contributed by atoms with E-state index < -0.39 is 0 Å². The van der Waals surface area contributed by atoms with Crippen molar-refractivity contribution >= 4 is 11.8 Å². The third kappa shape index (κ3) is 22.7. The number of amides is 2. The quantitative estimate of drug-likeness (QED) is 0.0806. The Labute approximate surface area is 276 Å². The van der Waals surface area contributed by atoms with E-state index in [1.807, 2.05) is 6.92 Å². The molecule has 0 aromatic carbocycles. The third-order valence-electron chi connectivity index (χ3n) is 7.85. The zero-order valence-corrected chi connectivity index (χ0v) is 30.5. The predicted octanol–water partition coefficient (Wildman–Crippen LogP) is 5.95. The second-order valence-electron chi connectivity index (χ2n) is 14.5. The molecular formula is C36H69N3O6. The lowest BCUT2D eigenvalue weighted by Gasteiger charge is -2.29. The van der Waals surface area contributed by atoms with Crippen LogP contribution in [0.1, 0.15) is 107 Å². The van der Waals surface area contributed by atoms with Gasteiger partial charge in [0, 0.05) is 51.5 Å². The molecule has 1 heterocycles. The molecule has 1 aliphatic heterocycles. The van der Waals surface area contributed by atoms with Gasteiger partial charge in [-0.1, -0.05) is 25.7 Å². The summed E-state index contributed by atoms with van der Waals surface area (Å²) in [4.78, 5) is 30.0. The van der Waals surface area contributed by atoms with Gasteiger partial charge in [0.15, 0.2) is 0 Å². The van der Waals surface area contributed by atoms with Crippen LogP contribution in [0, 0.1) is 5.92 Å². The first-order valence-electron chi connectivity index (χ1n) is 17.7. The van der Waals surface area contributed by atoms with Crippen molar-refractivity contribution in [3.05, 3.63) is 12.2 Å². The average Bonchev–Trinajstić information content (AvgIpc) is 3.25. The van der Waals surface area contributed by atoms with Crippen molar-refractivity contribution in [2.75, 3.05) is 78.8 Å². The van der Waals surface area contributed by atoms with Gasteiger partial charge < -0.3 is 18.9 Å². The highest BCUT2D eigenvalue weighted by Crippen LogP contribution is 2.20. The number of rotatable bonds is 27. The highest BCUT2D eigenvalue weighted by Gasteiger charge is 2.22. The van der Waals surface area contributed by atoms with Crippen molar-refractivity contribution in [2.45, 2.75) is 125 Å². The van der Waals surface area contributed by atoms with Crippen LogP contribution in [-0.4, -0.2) is 123 Å². The smallest absolute Gasteiger partial charge is 0.253 e. The molecule has 9 heteroatoms. The van der Waals surface area contributed by atoms with Crippen LogP contribution in [0.2, 0.25) is 0 Å². The van der Waals surface area contributed by atoms with Gasteiger partial charge in [-0.3, -0.25) is 24.3 Å². The molecule has 45 heavy (non-hydrogen) atoms. The summed E-state index contributed by atoms with van der Waals surface area (Å²) in [6.07, 6.45) is 10.6. The fraction of sp³-hybridized carbons (Fsp3) is 0.889. The Morgan fingerprint density at radius 2 is 1.16 bits per heavy atom. The van der Waals surface area contributed by atoms with Gasteiger partial charge in [-0.25, -0.2) is 0 Å². The molecule has 2 amide bonds. The summed E-state index contributed by atoms with van der Waals surface area (Å²) in [6.45, 7) is 28.7. The molecule has 0 saturated carbocycles. The van der Waals surface area contributed by atoms with Crippen molar-refractivity contribution in [1.82, 2.24) is 14.7 Å². The standard InChI is InChI=1S/C36H69N3O6/c1-10-42-27-23-37(25-29-44-35(4,5)6)21-18-32(15-13-11-12-14-20-39-33(40)16-17-34(39)41)19-22-38(24-28-43-31(2)3)26-30-45-36(7,8)9/h16-17,31-32H,10-15,18-30H2,1-9H3. The molecule has 264 valence electrons. The van der Waals surface area contributed by atoms with Crippen LogP contribution >= 0.6 is 0 Å². The molecule has 1 rings (SSSR count). The number of carbonyl (C=O) groups is 2. The van der Waals surface area contributed by atoms with Crippen LogP contribution < -0.4 is 0 Å². The van der Waals surface area contributed by atoms with E-state index in [4.69, 9.17) is 18.9 Å². The van der Waals surface area contributed by atoms with E-state index in [2.05, 4.69) is 65.2 Å². The van der Waals surface area contributed by atoms with Crippen molar-refractivity contribution in [2.24, 2.45) is 5.92 Å².